The van der Waals surface area contributed by atoms with Crippen LogP contribution >= 0.6 is 11.3 Å². The van der Waals surface area contributed by atoms with Crippen LogP contribution in [-0.2, 0) is 14.8 Å². The van der Waals surface area contributed by atoms with E-state index in [0.29, 0.717) is 5.13 Å². The van der Waals surface area contributed by atoms with Gasteiger partial charge in [0, 0.05) is 18.0 Å². The molecule has 1 heterocycles. The number of likely N-dealkylation sites (N-methyl/N-ethyl adjacent to an activating group) is 1. The number of rotatable bonds is 6. The molecule has 3 aromatic rings. The summed E-state index contributed by atoms with van der Waals surface area (Å²) in [6.07, 6.45) is 0. The van der Waals surface area contributed by atoms with E-state index in [9.17, 15) is 13.2 Å². The third kappa shape index (κ3) is 4.60. The number of aromatic nitrogens is 1. The molecule has 8 heteroatoms. The number of benzene rings is 2. The smallest absolute Gasteiger partial charge is 0.243 e. The molecule has 0 spiro atoms. The van der Waals surface area contributed by atoms with Gasteiger partial charge in [0.25, 0.3) is 0 Å². The third-order valence-corrected chi connectivity index (χ3v) is 6.49. The Morgan fingerprint density at radius 2 is 1.78 bits per heavy atom. The van der Waals surface area contributed by atoms with Crippen LogP contribution in [0.15, 0.2) is 64.9 Å². The summed E-state index contributed by atoms with van der Waals surface area (Å²) in [6, 6.07) is 15.9. The number of hydrogen-bond acceptors (Lipinski definition) is 5. The minimum absolute atomic E-state index is 0.149. The van der Waals surface area contributed by atoms with Crippen molar-refractivity contribution in [3.63, 3.8) is 0 Å². The van der Waals surface area contributed by atoms with Crippen LogP contribution in [0.5, 0.6) is 0 Å². The van der Waals surface area contributed by atoms with E-state index in [1.165, 1.54) is 30.5 Å². The van der Waals surface area contributed by atoms with Crippen molar-refractivity contribution in [1.82, 2.24) is 9.29 Å². The molecule has 3 rings (SSSR count). The van der Waals surface area contributed by atoms with Gasteiger partial charge in [-0.3, -0.25) is 4.79 Å². The first-order chi connectivity index (χ1) is 12.9. The molecule has 0 radical (unpaired) electrons. The van der Waals surface area contributed by atoms with Crippen LogP contribution < -0.4 is 5.32 Å². The quantitative estimate of drug-likeness (QED) is 0.687. The number of aryl methyl sites for hydroxylation is 1. The van der Waals surface area contributed by atoms with Crippen LogP contribution in [0, 0.1) is 6.92 Å². The lowest BCUT2D eigenvalue weighted by Gasteiger charge is -2.16. The highest BCUT2D eigenvalue weighted by molar-refractivity contribution is 7.89. The highest BCUT2D eigenvalue weighted by atomic mass is 32.2. The Kier molecular flexibility index (Phi) is 5.69. The normalized spacial score (nSPS) is 11.5. The summed E-state index contributed by atoms with van der Waals surface area (Å²) >= 11 is 1.30. The van der Waals surface area contributed by atoms with E-state index in [0.717, 1.165) is 21.1 Å². The Morgan fingerprint density at radius 3 is 2.44 bits per heavy atom. The molecule has 0 unspecified atom stereocenters. The van der Waals surface area contributed by atoms with Crippen molar-refractivity contribution < 1.29 is 13.2 Å². The van der Waals surface area contributed by atoms with E-state index in [-0.39, 0.29) is 11.4 Å². The molecule has 1 N–H and O–H groups in total. The topological polar surface area (TPSA) is 79.4 Å². The molecule has 0 saturated heterocycles. The average Bonchev–Trinajstić information content (AvgIpc) is 3.11. The lowest BCUT2D eigenvalue weighted by molar-refractivity contribution is -0.116. The second-order valence-electron chi connectivity index (χ2n) is 6.03. The van der Waals surface area contributed by atoms with Gasteiger partial charge < -0.3 is 5.32 Å². The minimum atomic E-state index is -3.71. The fourth-order valence-electron chi connectivity index (χ4n) is 2.41. The predicted octanol–water partition coefficient (Wildman–Crippen LogP) is 3.38. The molecule has 1 amide bonds. The highest BCUT2D eigenvalue weighted by Gasteiger charge is 2.23. The molecule has 0 atom stereocenters. The molecule has 140 valence electrons. The first-order valence-electron chi connectivity index (χ1n) is 8.20. The van der Waals surface area contributed by atoms with Crippen LogP contribution in [-0.4, -0.2) is 37.2 Å². The van der Waals surface area contributed by atoms with Crippen molar-refractivity contribution in [2.24, 2.45) is 0 Å². The van der Waals surface area contributed by atoms with Crippen molar-refractivity contribution in [3.8, 4) is 11.3 Å². The van der Waals surface area contributed by atoms with Crippen molar-refractivity contribution in [3.05, 3.63) is 65.5 Å². The number of carbonyl (C=O) groups is 1. The zero-order valence-corrected chi connectivity index (χ0v) is 16.5. The Balaban J connectivity index is 1.65. The van der Waals surface area contributed by atoms with Gasteiger partial charge in [0.1, 0.15) is 0 Å². The third-order valence-electron chi connectivity index (χ3n) is 3.92. The first kappa shape index (κ1) is 19.2. The SMILES string of the molecule is Cc1ccc(-c2csc(NC(=O)CN(C)S(=O)(=O)c3ccccc3)n2)cc1. The van der Waals surface area contributed by atoms with Gasteiger partial charge in [-0.25, -0.2) is 13.4 Å². The molecule has 27 heavy (non-hydrogen) atoms. The summed E-state index contributed by atoms with van der Waals surface area (Å²) in [4.78, 5) is 16.8. The van der Waals surface area contributed by atoms with E-state index in [2.05, 4.69) is 10.3 Å². The van der Waals surface area contributed by atoms with E-state index in [1.807, 2.05) is 36.6 Å². The Labute approximate surface area is 162 Å². The zero-order valence-electron chi connectivity index (χ0n) is 14.9. The van der Waals surface area contributed by atoms with Gasteiger partial charge in [-0.1, -0.05) is 48.0 Å². The number of amides is 1. The summed E-state index contributed by atoms with van der Waals surface area (Å²) in [5.41, 5.74) is 2.88. The maximum atomic E-state index is 12.5. The monoisotopic (exact) mass is 401 g/mol. The average molecular weight is 402 g/mol. The van der Waals surface area contributed by atoms with Crippen LogP contribution in [0.3, 0.4) is 0 Å². The lowest BCUT2D eigenvalue weighted by Crippen LogP contribution is -2.34. The van der Waals surface area contributed by atoms with Crippen LogP contribution in [0.4, 0.5) is 5.13 Å². The molecule has 0 aliphatic rings. The van der Waals surface area contributed by atoms with Gasteiger partial charge in [0.05, 0.1) is 17.1 Å². The second-order valence-corrected chi connectivity index (χ2v) is 8.93. The van der Waals surface area contributed by atoms with Crippen LogP contribution in [0.1, 0.15) is 5.56 Å². The minimum Gasteiger partial charge on any atom is -0.301 e. The lowest BCUT2D eigenvalue weighted by atomic mass is 10.1. The zero-order chi connectivity index (χ0) is 19.4. The number of thiazole rings is 1. The molecule has 6 nitrogen and oxygen atoms in total. The summed E-state index contributed by atoms with van der Waals surface area (Å²) in [5.74, 6) is -0.443. The molecule has 2 aromatic carbocycles. The van der Waals surface area contributed by atoms with Gasteiger partial charge in [0.2, 0.25) is 15.9 Å². The molecule has 1 aromatic heterocycles. The van der Waals surface area contributed by atoms with Crippen molar-refractivity contribution >= 4 is 32.4 Å². The van der Waals surface area contributed by atoms with Gasteiger partial charge in [-0.15, -0.1) is 11.3 Å². The number of nitrogens with one attached hydrogen (secondary N) is 1. The first-order valence-corrected chi connectivity index (χ1v) is 10.5. The Hall–Kier alpha value is -2.55. The fraction of sp³-hybridized carbons (Fsp3) is 0.158. The molecule has 0 aliphatic heterocycles. The maximum absolute atomic E-state index is 12.5. The predicted molar refractivity (Wildman–Crippen MR) is 107 cm³/mol. The molecular formula is C19H19N3O3S2. The number of hydrogen-bond donors (Lipinski definition) is 1. The standard InChI is InChI=1S/C19H19N3O3S2/c1-14-8-10-15(11-9-14)17-13-26-19(20-17)21-18(23)12-22(2)27(24,25)16-6-4-3-5-7-16/h3-11,13H,12H2,1-2H3,(H,20,21,23). The van der Waals surface area contributed by atoms with Gasteiger partial charge >= 0.3 is 0 Å². The number of carbonyl (C=O) groups excluding carboxylic acids is 1. The summed E-state index contributed by atoms with van der Waals surface area (Å²) < 4.78 is 26.0. The van der Waals surface area contributed by atoms with E-state index < -0.39 is 15.9 Å². The summed E-state index contributed by atoms with van der Waals surface area (Å²) in [5, 5.41) is 4.94. The molecule has 0 aliphatic carbocycles. The number of anilines is 1. The van der Waals surface area contributed by atoms with Crippen molar-refractivity contribution in [2.75, 3.05) is 18.9 Å². The van der Waals surface area contributed by atoms with Crippen molar-refractivity contribution in [2.45, 2.75) is 11.8 Å². The fourth-order valence-corrected chi connectivity index (χ4v) is 4.29. The second kappa shape index (κ2) is 7.99. The molecule has 0 bridgehead atoms. The van der Waals surface area contributed by atoms with E-state index in [4.69, 9.17) is 0 Å². The molecule has 0 saturated carbocycles. The maximum Gasteiger partial charge on any atom is 0.243 e. The highest BCUT2D eigenvalue weighted by Crippen LogP contribution is 2.25. The van der Waals surface area contributed by atoms with E-state index >= 15 is 0 Å². The van der Waals surface area contributed by atoms with Gasteiger partial charge in [-0.2, -0.15) is 4.31 Å². The van der Waals surface area contributed by atoms with Gasteiger partial charge in [0.15, 0.2) is 5.13 Å². The Bertz CT molecular complexity index is 1030. The number of sulfonamides is 1. The summed E-state index contributed by atoms with van der Waals surface area (Å²) in [6.45, 7) is 1.72. The molecular weight excluding hydrogens is 382 g/mol. The van der Waals surface area contributed by atoms with Crippen LogP contribution in [0.2, 0.25) is 0 Å². The van der Waals surface area contributed by atoms with E-state index in [1.54, 1.807) is 18.2 Å². The molecule has 0 fully saturated rings. The van der Waals surface area contributed by atoms with Gasteiger partial charge in [-0.05, 0) is 19.1 Å². The number of nitrogens with zero attached hydrogens (tertiary/aromatic N) is 2. The summed E-state index contributed by atoms with van der Waals surface area (Å²) in [7, 11) is -2.34. The van der Waals surface area contributed by atoms with Crippen molar-refractivity contribution in [1.29, 1.82) is 0 Å². The largest absolute Gasteiger partial charge is 0.301 e. The van der Waals surface area contributed by atoms with Crippen LogP contribution in [0.25, 0.3) is 11.3 Å². The Morgan fingerprint density at radius 1 is 1.11 bits per heavy atom.